The van der Waals surface area contributed by atoms with Crippen LogP contribution in [0.2, 0.25) is 0 Å². The lowest BCUT2D eigenvalue weighted by atomic mass is 9.89. The van der Waals surface area contributed by atoms with Crippen LogP contribution in [0.4, 0.5) is 17.1 Å². The second-order valence-corrected chi connectivity index (χ2v) is 6.50. The van der Waals surface area contributed by atoms with Crippen molar-refractivity contribution in [2.24, 2.45) is 11.1 Å². The number of carbonyl (C=O) groups is 1. The fraction of sp³-hybridized carbons (Fsp3) is 0.278. The van der Waals surface area contributed by atoms with Gasteiger partial charge in [-0.25, -0.2) is 0 Å². The SMILES string of the molecule is CC1(C)Cc2cc(Nc3ccc(CN)c(N)c3)ccc2C1=O. The summed E-state index contributed by atoms with van der Waals surface area (Å²) in [5.74, 6) is 0.227. The molecule has 0 unspecified atom stereocenters. The van der Waals surface area contributed by atoms with E-state index in [-0.39, 0.29) is 11.2 Å². The minimum atomic E-state index is -0.297. The average molecular weight is 295 g/mol. The first-order valence-electron chi connectivity index (χ1n) is 7.44. The van der Waals surface area contributed by atoms with Gasteiger partial charge in [0.25, 0.3) is 0 Å². The Bertz CT molecular complexity index is 750. The number of Topliss-reactive ketones (excluding diaryl/α,β-unsaturated/α-hetero) is 1. The van der Waals surface area contributed by atoms with E-state index in [0.717, 1.165) is 34.5 Å². The molecule has 0 aromatic heterocycles. The third-order valence-electron chi connectivity index (χ3n) is 4.25. The van der Waals surface area contributed by atoms with Crippen LogP contribution in [-0.2, 0) is 13.0 Å². The van der Waals surface area contributed by atoms with E-state index in [1.54, 1.807) is 0 Å². The number of carbonyl (C=O) groups excluding carboxylic acids is 1. The molecule has 2 aromatic rings. The topological polar surface area (TPSA) is 81.1 Å². The van der Waals surface area contributed by atoms with Crippen molar-refractivity contribution < 1.29 is 4.79 Å². The first-order valence-corrected chi connectivity index (χ1v) is 7.44. The highest BCUT2D eigenvalue weighted by Crippen LogP contribution is 2.37. The number of rotatable bonds is 3. The number of benzene rings is 2. The van der Waals surface area contributed by atoms with Gasteiger partial charge in [0.2, 0.25) is 0 Å². The number of fused-ring (bicyclic) bond motifs is 1. The van der Waals surface area contributed by atoms with Crippen molar-refractivity contribution in [2.45, 2.75) is 26.8 Å². The number of nitrogens with one attached hydrogen (secondary N) is 1. The fourth-order valence-electron chi connectivity index (χ4n) is 2.99. The first kappa shape index (κ1) is 14.6. The molecule has 22 heavy (non-hydrogen) atoms. The molecule has 4 heteroatoms. The Kier molecular flexibility index (Phi) is 3.41. The molecule has 2 aromatic carbocycles. The zero-order valence-electron chi connectivity index (χ0n) is 12.9. The largest absolute Gasteiger partial charge is 0.398 e. The Morgan fingerprint density at radius 2 is 1.82 bits per heavy atom. The third kappa shape index (κ3) is 2.46. The number of nitrogens with two attached hydrogens (primary N) is 2. The molecule has 0 heterocycles. The predicted octanol–water partition coefficient (Wildman–Crippen LogP) is 3.24. The Morgan fingerprint density at radius 1 is 1.14 bits per heavy atom. The van der Waals surface area contributed by atoms with Crippen LogP contribution in [-0.4, -0.2) is 5.78 Å². The van der Waals surface area contributed by atoms with E-state index >= 15 is 0 Å². The van der Waals surface area contributed by atoms with Crippen LogP contribution in [0, 0.1) is 5.41 Å². The van der Waals surface area contributed by atoms with Gasteiger partial charge in [-0.05, 0) is 47.9 Å². The third-order valence-corrected chi connectivity index (χ3v) is 4.25. The molecular formula is C18H21N3O. The highest BCUT2D eigenvalue weighted by molar-refractivity contribution is 6.04. The van der Waals surface area contributed by atoms with E-state index in [0.29, 0.717) is 12.2 Å². The van der Waals surface area contributed by atoms with E-state index in [1.165, 1.54) is 0 Å². The lowest BCUT2D eigenvalue weighted by Crippen LogP contribution is -2.18. The summed E-state index contributed by atoms with van der Waals surface area (Å²) in [4.78, 5) is 12.3. The molecule has 0 atom stereocenters. The van der Waals surface area contributed by atoms with Crippen molar-refractivity contribution in [3.8, 4) is 0 Å². The van der Waals surface area contributed by atoms with E-state index in [4.69, 9.17) is 11.5 Å². The summed E-state index contributed by atoms with van der Waals surface area (Å²) in [6.45, 7) is 4.42. The summed E-state index contributed by atoms with van der Waals surface area (Å²) in [7, 11) is 0. The molecule has 0 spiro atoms. The van der Waals surface area contributed by atoms with Gasteiger partial charge in [-0.3, -0.25) is 4.79 Å². The Balaban J connectivity index is 1.86. The number of ketones is 1. The van der Waals surface area contributed by atoms with Crippen LogP contribution < -0.4 is 16.8 Å². The monoisotopic (exact) mass is 295 g/mol. The Morgan fingerprint density at radius 3 is 2.50 bits per heavy atom. The van der Waals surface area contributed by atoms with Crippen molar-refractivity contribution in [1.29, 1.82) is 0 Å². The average Bonchev–Trinajstić information content (AvgIpc) is 2.69. The van der Waals surface area contributed by atoms with Crippen LogP contribution in [0.15, 0.2) is 36.4 Å². The van der Waals surface area contributed by atoms with Gasteiger partial charge in [0.15, 0.2) is 5.78 Å². The van der Waals surface area contributed by atoms with Crippen LogP contribution in [0.1, 0.15) is 35.3 Å². The van der Waals surface area contributed by atoms with E-state index < -0.39 is 0 Å². The lowest BCUT2D eigenvalue weighted by Gasteiger charge is -2.13. The fourth-order valence-corrected chi connectivity index (χ4v) is 2.99. The minimum Gasteiger partial charge on any atom is -0.398 e. The van der Waals surface area contributed by atoms with Crippen LogP contribution in [0.25, 0.3) is 0 Å². The summed E-state index contributed by atoms with van der Waals surface area (Å²) in [6.07, 6.45) is 0.783. The number of hydrogen-bond acceptors (Lipinski definition) is 4. The minimum absolute atomic E-state index is 0.227. The summed E-state index contributed by atoms with van der Waals surface area (Å²) in [6, 6.07) is 11.7. The van der Waals surface area contributed by atoms with Gasteiger partial charge in [-0.2, -0.15) is 0 Å². The quantitative estimate of drug-likeness (QED) is 0.759. The molecule has 114 valence electrons. The summed E-state index contributed by atoms with van der Waals surface area (Å²) in [5.41, 5.74) is 16.7. The Hall–Kier alpha value is -2.33. The molecule has 5 N–H and O–H groups in total. The molecule has 0 aliphatic heterocycles. The predicted molar refractivity (Wildman–Crippen MR) is 90.3 cm³/mol. The number of hydrogen-bond donors (Lipinski definition) is 3. The van der Waals surface area contributed by atoms with Crippen molar-refractivity contribution in [2.75, 3.05) is 11.1 Å². The molecule has 0 bridgehead atoms. The zero-order chi connectivity index (χ0) is 15.9. The van der Waals surface area contributed by atoms with Gasteiger partial charge in [0.1, 0.15) is 0 Å². The van der Waals surface area contributed by atoms with Crippen molar-refractivity contribution in [3.05, 3.63) is 53.1 Å². The molecule has 0 saturated carbocycles. The van der Waals surface area contributed by atoms with Crippen LogP contribution in [0.3, 0.4) is 0 Å². The van der Waals surface area contributed by atoms with Gasteiger partial charge in [0.05, 0.1) is 0 Å². The summed E-state index contributed by atoms with van der Waals surface area (Å²) < 4.78 is 0. The zero-order valence-corrected chi connectivity index (χ0v) is 12.9. The second kappa shape index (κ2) is 5.14. The highest BCUT2D eigenvalue weighted by Gasteiger charge is 2.37. The van der Waals surface area contributed by atoms with Crippen LogP contribution in [0.5, 0.6) is 0 Å². The summed E-state index contributed by atoms with van der Waals surface area (Å²) >= 11 is 0. The normalized spacial score (nSPS) is 15.7. The van der Waals surface area contributed by atoms with Crippen LogP contribution >= 0.6 is 0 Å². The molecule has 0 fully saturated rings. The molecule has 3 rings (SSSR count). The molecule has 4 nitrogen and oxygen atoms in total. The second-order valence-electron chi connectivity index (χ2n) is 6.50. The maximum Gasteiger partial charge on any atom is 0.169 e. The van der Waals surface area contributed by atoms with Gasteiger partial charge < -0.3 is 16.8 Å². The molecule has 1 aliphatic rings. The van der Waals surface area contributed by atoms with Gasteiger partial charge in [-0.15, -0.1) is 0 Å². The highest BCUT2D eigenvalue weighted by atomic mass is 16.1. The van der Waals surface area contributed by atoms with E-state index in [9.17, 15) is 4.79 Å². The molecule has 0 radical (unpaired) electrons. The Labute approximate surface area is 130 Å². The first-order chi connectivity index (χ1) is 10.4. The van der Waals surface area contributed by atoms with Gasteiger partial charge in [0, 0.05) is 34.6 Å². The lowest BCUT2D eigenvalue weighted by molar-refractivity contribution is 0.0863. The van der Waals surface area contributed by atoms with Gasteiger partial charge in [-0.1, -0.05) is 19.9 Å². The van der Waals surface area contributed by atoms with E-state index in [1.807, 2.05) is 44.2 Å². The van der Waals surface area contributed by atoms with Crippen molar-refractivity contribution in [1.82, 2.24) is 0 Å². The number of nitrogen functional groups attached to an aromatic ring is 1. The summed E-state index contributed by atoms with van der Waals surface area (Å²) in [5, 5.41) is 3.34. The number of anilines is 3. The smallest absolute Gasteiger partial charge is 0.169 e. The van der Waals surface area contributed by atoms with Gasteiger partial charge >= 0.3 is 0 Å². The standard InChI is InChI=1S/C18H21N3O/c1-18(2)9-12-7-13(5-6-15(12)17(18)22)21-14-4-3-11(10-19)16(20)8-14/h3-8,21H,9-10,19-20H2,1-2H3. The molecule has 0 amide bonds. The maximum atomic E-state index is 12.3. The molecular weight excluding hydrogens is 274 g/mol. The molecule has 1 aliphatic carbocycles. The van der Waals surface area contributed by atoms with Crippen molar-refractivity contribution >= 4 is 22.8 Å². The maximum absolute atomic E-state index is 12.3. The van der Waals surface area contributed by atoms with E-state index in [2.05, 4.69) is 11.4 Å². The molecule has 0 saturated heterocycles. The van der Waals surface area contributed by atoms with Crippen molar-refractivity contribution in [3.63, 3.8) is 0 Å².